The number of hydrogen-bond acceptors (Lipinski definition) is 6. The second-order valence-corrected chi connectivity index (χ2v) is 9.08. The van der Waals surface area contributed by atoms with E-state index in [4.69, 9.17) is 9.47 Å². The average molecular weight is 422 g/mol. The number of aliphatic hydroxyl groups is 1. The SMILES string of the molecule is CC(C)COC(=O)[C@@H]1C(=O)C[C@@](C)(O)[C@H](C(=O)OCC(C)C)[C@@H]1c1cccc(F)c1. The van der Waals surface area contributed by atoms with Crippen LogP contribution in [0.25, 0.3) is 0 Å². The molecule has 0 aromatic heterocycles. The maximum absolute atomic E-state index is 14.0. The number of ketones is 1. The number of hydrogen-bond donors (Lipinski definition) is 1. The summed E-state index contributed by atoms with van der Waals surface area (Å²) in [4.78, 5) is 38.7. The second-order valence-electron chi connectivity index (χ2n) is 9.08. The van der Waals surface area contributed by atoms with Crippen molar-refractivity contribution in [3.8, 4) is 0 Å². The van der Waals surface area contributed by atoms with Crippen molar-refractivity contribution in [2.24, 2.45) is 23.7 Å². The summed E-state index contributed by atoms with van der Waals surface area (Å²) in [7, 11) is 0. The minimum Gasteiger partial charge on any atom is -0.465 e. The molecule has 0 bridgehead atoms. The lowest BCUT2D eigenvalue weighted by Crippen LogP contribution is -2.55. The van der Waals surface area contributed by atoms with Crippen LogP contribution in [-0.2, 0) is 23.9 Å². The minimum absolute atomic E-state index is 0.0511. The molecule has 166 valence electrons. The molecule has 2 rings (SSSR count). The number of halogens is 1. The number of Topliss-reactive ketones (excluding diaryl/α,β-unsaturated/α-hetero) is 1. The molecule has 4 atom stereocenters. The Balaban J connectivity index is 2.53. The van der Waals surface area contributed by atoms with Crippen molar-refractivity contribution in [3.05, 3.63) is 35.6 Å². The molecule has 0 radical (unpaired) electrons. The number of carbonyl (C=O) groups is 3. The van der Waals surface area contributed by atoms with Crippen molar-refractivity contribution in [1.29, 1.82) is 0 Å². The van der Waals surface area contributed by atoms with Gasteiger partial charge in [-0.15, -0.1) is 0 Å². The molecule has 1 aromatic carbocycles. The molecule has 0 amide bonds. The molecule has 30 heavy (non-hydrogen) atoms. The quantitative estimate of drug-likeness (QED) is 0.536. The van der Waals surface area contributed by atoms with E-state index in [2.05, 4.69) is 0 Å². The molecule has 0 heterocycles. The Labute approximate surface area is 176 Å². The van der Waals surface area contributed by atoms with Gasteiger partial charge in [0.1, 0.15) is 11.7 Å². The van der Waals surface area contributed by atoms with E-state index in [1.807, 2.05) is 27.7 Å². The summed E-state index contributed by atoms with van der Waals surface area (Å²) in [5.74, 6) is -6.17. The van der Waals surface area contributed by atoms with Gasteiger partial charge in [-0.05, 0) is 36.5 Å². The number of esters is 2. The van der Waals surface area contributed by atoms with Crippen molar-refractivity contribution >= 4 is 17.7 Å². The van der Waals surface area contributed by atoms with E-state index in [9.17, 15) is 23.9 Å². The van der Waals surface area contributed by atoms with Crippen LogP contribution < -0.4 is 0 Å². The van der Waals surface area contributed by atoms with Crippen LogP contribution in [0.4, 0.5) is 4.39 Å². The van der Waals surface area contributed by atoms with Gasteiger partial charge in [0.15, 0.2) is 5.78 Å². The lowest BCUT2D eigenvalue weighted by Gasteiger charge is -2.43. The third-order valence-electron chi connectivity index (χ3n) is 5.13. The van der Waals surface area contributed by atoms with Gasteiger partial charge in [-0.2, -0.15) is 0 Å². The summed E-state index contributed by atoms with van der Waals surface area (Å²) < 4.78 is 24.7. The van der Waals surface area contributed by atoms with Crippen LogP contribution in [-0.4, -0.2) is 41.6 Å². The molecule has 7 heteroatoms. The zero-order chi connectivity index (χ0) is 22.6. The first kappa shape index (κ1) is 24.0. The Morgan fingerprint density at radius 2 is 1.70 bits per heavy atom. The van der Waals surface area contributed by atoms with E-state index in [1.165, 1.54) is 31.2 Å². The van der Waals surface area contributed by atoms with Gasteiger partial charge in [0.2, 0.25) is 0 Å². The van der Waals surface area contributed by atoms with E-state index < -0.39 is 53.3 Å². The summed E-state index contributed by atoms with van der Waals surface area (Å²) in [5.41, 5.74) is -1.49. The van der Waals surface area contributed by atoms with Gasteiger partial charge < -0.3 is 14.6 Å². The van der Waals surface area contributed by atoms with E-state index in [1.54, 1.807) is 0 Å². The highest BCUT2D eigenvalue weighted by Crippen LogP contribution is 2.46. The van der Waals surface area contributed by atoms with Gasteiger partial charge in [-0.1, -0.05) is 39.8 Å². The number of carbonyl (C=O) groups excluding carboxylic acids is 3. The van der Waals surface area contributed by atoms with Crippen LogP contribution in [0.3, 0.4) is 0 Å². The Kier molecular flexibility index (Phi) is 7.75. The fraction of sp³-hybridized carbons (Fsp3) is 0.609. The zero-order valence-electron chi connectivity index (χ0n) is 18.2. The molecule has 0 unspecified atom stereocenters. The molecular formula is C23H31FO6. The van der Waals surface area contributed by atoms with Crippen LogP contribution in [0.1, 0.15) is 52.5 Å². The summed E-state index contributed by atoms with van der Waals surface area (Å²) in [6, 6.07) is 5.37. The largest absolute Gasteiger partial charge is 0.465 e. The molecule has 0 aliphatic heterocycles. The Bertz CT molecular complexity index is 786. The molecule has 6 nitrogen and oxygen atoms in total. The van der Waals surface area contributed by atoms with Crippen molar-refractivity contribution < 1.29 is 33.4 Å². The molecular weight excluding hydrogens is 391 g/mol. The smallest absolute Gasteiger partial charge is 0.317 e. The average Bonchev–Trinajstić information content (AvgIpc) is 2.62. The summed E-state index contributed by atoms with van der Waals surface area (Å²) in [6.07, 6.45) is -0.401. The highest BCUT2D eigenvalue weighted by molar-refractivity contribution is 6.02. The summed E-state index contributed by atoms with van der Waals surface area (Å²) in [6.45, 7) is 9.05. The number of ether oxygens (including phenoxy) is 2. The first-order chi connectivity index (χ1) is 13.9. The molecule has 0 saturated heterocycles. The van der Waals surface area contributed by atoms with E-state index in [0.29, 0.717) is 0 Å². The molecule has 1 saturated carbocycles. The fourth-order valence-electron chi connectivity index (χ4n) is 3.81. The van der Waals surface area contributed by atoms with Crippen LogP contribution in [0.15, 0.2) is 24.3 Å². The zero-order valence-corrected chi connectivity index (χ0v) is 18.2. The van der Waals surface area contributed by atoms with Crippen molar-refractivity contribution in [2.75, 3.05) is 13.2 Å². The van der Waals surface area contributed by atoms with Gasteiger partial charge in [0.25, 0.3) is 0 Å². The third-order valence-corrected chi connectivity index (χ3v) is 5.13. The predicted octanol–water partition coefficient (Wildman–Crippen LogP) is 3.26. The first-order valence-corrected chi connectivity index (χ1v) is 10.3. The molecule has 1 aliphatic carbocycles. The van der Waals surface area contributed by atoms with E-state index in [-0.39, 0.29) is 30.6 Å². The fourth-order valence-corrected chi connectivity index (χ4v) is 3.81. The molecule has 1 fully saturated rings. The van der Waals surface area contributed by atoms with Crippen LogP contribution in [0.5, 0.6) is 0 Å². The number of benzene rings is 1. The Morgan fingerprint density at radius 3 is 2.23 bits per heavy atom. The van der Waals surface area contributed by atoms with Crippen LogP contribution >= 0.6 is 0 Å². The molecule has 1 aliphatic rings. The van der Waals surface area contributed by atoms with Gasteiger partial charge >= 0.3 is 11.9 Å². The summed E-state index contributed by atoms with van der Waals surface area (Å²) in [5, 5.41) is 11.0. The highest BCUT2D eigenvalue weighted by atomic mass is 19.1. The Morgan fingerprint density at radius 1 is 1.13 bits per heavy atom. The monoisotopic (exact) mass is 422 g/mol. The standard InChI is InChI=1S/C23H31FO6/c1-13(2)11-29-21(26)19-17(25)10-23(5,28)20(22(27)30-12-14(3)4)18(19)15-7-6-8-16(24)9-15/h6-9,13-14,18-20,28H,10-12H2,1-5H3/t18-,19-,20+,23-/m1/s1. The maximum Gasteiger partial charge on any atom is 0.317 e. The predicted molar refractivity (Wildman–Crippen MR) is 108 cm³/mol. The van der Waals surface area contributed by atoms with Crippen molar-refractivity contribution in [3.63, 3.8) is 0 Å². The van der Waals surface area contributed by atoms with Gasteiger partial charge in [-0.3, -0.25) is 14.4 Å². The molecule has 1 N–H and O–H groups in total. The second kappa shape index (κ2) is 9.69. The summed E-state index contributed by atoms with van der Waals surface area (Å²) >= 11 is 0. The van der Waals surface area contributed by atoms with Crippen LogP contribution in [0, 0.1) is 29.5 Å². The van der Waals surface area contributed by atoms with E-state index >= 15 is 0 Å². The lowest BCUT2D eigenvalue weighted by atomic mass is 9.61. The minimum atomic E-state index is -1.75. The topological polar surface area (TPSA) is 89.9 Å². The number of rotatable bonds is 7. The van der Waals surface area contributed by atoms with Gasteiger partial charge in [-0.25, -0.2) is 4.39 Å². The first-order valence-electron chi connectivity index (χ1n) is 10.3. The van der Waals surface area contributed by atoms with Crippen LogP contribution in [0.2, 0.25) is 0 Å². The highest BCUT2D eigenvalue weighted by Gasteiger charge is 2.57. The van der Waals surface area contributed by atoms with Crippen molar-refractivity contribution in [1.82, 2.24) is 0 Å². The lowest BCUT2D eigenvalue weighted by molar-refractivity contribution is -0.174. The third kappa shape index (κ3) is 5.65. The maximum atomic E-state index is 14.0. The molecule has 0 spiro atoms. The van der Waals surface area contributed by atoms with Gasteiger partial charge in [0.05, 0.1) is 24.7 Å². The molecule has 1 aromatic rings. The van der Waals surface area contributed by atoms with Gasteiger partial charge in [0, 0.05) is 12.3 Å². The van der Waals surface area contributed by atoms with E-state index in [0.717, 1.165) is 0 Å². The Hall–Kier alpha value is -2.28. The normalized spacial score (nSPS) is 26.7. The van der Waals surface area contributed by atoms with Crippen molar-refractivity contribution in [2.45, 2.75) is 52.6 Å².